The van der Waals surface area contributed by atoms with Gasteiger partial charge >= 0.3 is 11.7 Å². The molecule has 0 saturated carbocycles. The van der Waals surface area contributed by atoms with Crippen LogP contribution in [0.15, 0.2) is 46.2 Å². The van der Waals surface area contributed by atoms with Crippen molar-refractivity contribution in [3.63, 3.8) is 0 Å². The van der Waals surface area contributed by atoms with E-state index in [4.69, 9.17) is 4.74 Å². The smallest absolute Gasteiger partial charge is 0.332 e. The highest BCUT2D eigenvalue weighted by atomic mass is 16.5. The molecule has 29 heavy (non-hydrogen) atoms. The first-order valence-corrected chi connectivity index (χ1v) is 9.72. The molecule has 1 unspecified atom stereocenters. The molecule has 8 nitrogen and oxygen atoms in total. The van der Waals surface area contributed by atoms with Gasteiger partial charge in [0.2, 0.25) is 0 Å². The Labute approximate surface area is 168 Å². The van der Waals surface area contributed by atoms with Gasteiger partial charge in [-0.15, -0.1) is 0 Å². The van der Waals surface area contributed by atoms with E-state index in [9.17, 15) is 14.4 Å². The van der Waals surface area contributed by atoms with Gasteiger partial charge in [0.25, 0.3) is 5.56 Å². The highest BCUT2D eigenvalue weighted by Crippen LogP contribution is 2.09. The zero-order valence-electron chi connectivity index (χ0n) is 17.0. The van der Waals surface area contributed by atoms with Crippen molar-refractivity contribution in [1.29, 1.82) is 0 Å². The number of esters is 1. The number of carbonyl (C=O) groups is 1. The van der Waals surface area contributed by atoms with Crippen LogP contribution in [0.2, 0.25) is 0 Å². The summed E-state index contributed by atoms with van der Waals surface area (Å²) in [7, 11) is 3.35. The van der Waals surface area contributed by atoms with Gasteiger partial charge in [-0.1, -0.05) is 30.3 Å². The highest BCUT2D eigenvalue weighted by Gasteiger charge is 2.15. The molecule has 1 atom stereocenters. The minimum Gasteiger partial charge on any atom is -0.462 e. The topological polar surface area (TPSA) is 88.1 Å². The molecule has 0 spiro atoms. The number of hydrogen-bond donors (Lipinski definition) is 0. The number of nitrogens with zero attached hydrogens (tertiary/aromatic N) is 4. The summed E-state index contributed by atoms with van der Waals surface area (Å²) in [4.78, 5) is 41.3. The zero-order valence-corrected chi connectivity index (χ0v) is 17.0. The summed E-state index contributed by atoms with van der Waals surface area (Å²) in [5, 5.41) is 0. The van der Waals surface area contributed by atoms with Gasteiger partial charge < -0.3 is 9.30 Å². The monoisotopic (exact) mass is 398 g/mol. The van der Waals surface area contributed by atoms with Crippen molar-refractivity contribution in [3.05, 3.63) is 63.1 Å². The lowest BCUT2D eigenvalue weighted by Crippen LogP contribution is -2.39. The molecule has 3 rings (SSSR count). The quantitative estimate of drug-likeness (QED) is 0.426. The molecular weight excluding hydrogens is 372 g/mol. The molecule has 154 valence electrons. The van der Waals surface area contributed by atoms with E-state index in [1.807, 2.05) is 37.3 Å². The van der Waals surface area contributed by atoms with Crippen molar-refractivity contribution in [2.24, 2.45) is 14.1 Å². The van der Waals surface area contributed by atoms with Gasteiger partial charge in [0.1, 0.15) is 0 Å². The van der Waals surface area contributed by atoms with Gasteiger partial charge in [0.05, 0.1) is 18.9 Å². The number of ether oxygens (including phenoxy) is 1. The van der Waals surface area contributed by atoms with E-state index < -0.39 is 0 Å². The minimum atomic E-state index is -0.372. The molecule has 0 aliphatic rings. The third kappa shape index (κ3) is 4.64. The number of benzene rings is 1. The fraction of sp³-hybridized carbons (Fsp3) is 0.429. The Bertz CT molecular complexity index is 1110. The van der Waals surface area contributed by atoms with Crippen molar-refractivity contribution in [2.75, 3.05) is 0 Å². The van der Waals surface area contributed by atoms with Crippen molar-refractivity contribution in [1.82, 2.24) is 18.7 Å². The van der Waals surface area contributed by atoms with Gasteiger partial charge in [0, 0.05) is 20.6 Å². The predicted molar refractivity (Wildman–Crippen MR) is 110 cm³/mol. The Hall–Kier alpha value is -3.16. The maximum atomic E-state index is 12.7. The van der Waals surface area contributed by atoms with E-state index in [0.29, 0.717) is 30.6 Å². The predicted octanol–water partition coefficient (Wildman–Crippen LogP) is 1.78. The molecule has 2 heterocycles. The van der Waals surface area contributed by atoms with Gasteiger partial charge in [0.15, 0.2) is 11.2 Å². The standard InChI is InChI=1S/C21H26N4O4/c1-15(29-17(26)13-16-10-5-4-6-11-16)9-7-8-12-25-20(27)18-19(22-14-23(18)2)24(3)21(25)28/h4-6,10-11,14-15H,7-9,12-13H2,1-3H3. The number of rotatable bonds is 8. The van der Waals surface area contributed by atoms with Crippen LogP contribution in [0, 0.1) is 0 Å². The van der Waals surface area contributed by atoms with E-state index >= 15 is 0 Å². The second-order valence-electron chi connectivity index (χ2n) is 7.28. The second kappa shape index (κ2) is 8.89. The van der Waals surface area contributed by atoms with Crippen LogP contribution < -0.4 is 11.2 Å². The number of aromatic nitrogens is 4. The van der Waals surface area contributed by atoms with Crippen LogP contribution in [-0.2, 0) is 36.6 Å². The Morgan fingerprint density at radius 3 is 2.59 bits per heavy atom. The average molecular weight is 398 g/mol. The van der Waals surface area contributed by atoms with Crippen LogP contribution in [0.25, 0.3) is 11.2 Å². The number of carbonyl (C=O) groups excluding carboxylic acids is 1. The third-order valence-electron chi connectivity index (χ3n) is 4.97. The molecule has 3 aromatic rings. The number of aryl methyl sites for hydroxylation is 2. The first-order chi connectivity index (χ1) is 13.9. The molecule has 0 aliphatic carbocycles. The van der Waals surface area contributed by atoms with E-state index in [2.05, 4.69) is 4.98 Å². The molecule has 0 aliphatic heterocycles. The van der Waals surface area contributed by atoms with E-state index in [1.54, 1.807) is 18.7 Å². The van der Waals surface area contributed by atoms with E-state index in [-0.39, 0.29) is 29.7 Å². The van der Waals surface area contributed by atoms with Crippen molar-refractivity contribution >= 4 is 17.1 Å². The fourth-order valence-corrected chi connectivity index (χ4v) is 3.38. The molecule has 0 radical (unpaired) electrons. The summed E-state index contributed by atoms with van der Waals surface area (Å²) in [6, 6.07) is 9.47. The lowest BCUT2D eigenvalue weighted by atomic mass is 10.1. The van der Waals surface area contributed by atoms with Crippen molar-refractivity contribution < 1.29 is 9.53 Å². The van der Waals surface area contributed by atoms with Crippen LogP contribution in [0.4, 0.5) is 0 Å². The maximum Gasteiger partial charge on any atom is 0.332 e. The van der Waals surface area contributed by atoms with Gasteiger partial charge in [-0.2, -0.15) is 0 Å². The van der Waals surface area contributed by atoms with Crippen molar-refractivity contribution in [2.45, 2.75) is 45.3 Å². The normalized spacial score (nSPS) is 12.2. The Morgan fingerprint density at radius 2 is 1.86 bits per heavy atom. The molecule has 0 fully saturated rings. The summed E-state index contributed by atoms with van der Waals surface area (Å²) in [6.07, 6.45) is 3.61. The third-order valence-corrected chi connectivity index (χ3v) is 4.97. The first-order valence-electron chi connectivity index (χ1n) is 9.72. The number of unbranched alkanes of at least 4 members (excludes halogenated alkanes) is 1. The van der Waals surface area contributed by atoms with Crippen molar-refractivity contribution in [3.8, 4) is 0 Å². The maximum absolute atomic E-state index is 12.7. The molecule has 0 amide bonds. The van der Waals surface area contributed by atoms with E-state index in [0.717, 1.165) is 12.0 Å². The molecule has 0 bridgehead atoms. The van der Waals surface area contributed by atoms with Crippen LogP contribution in [0.1, 0.15) is 31.7 Å². The summed E-state index contributed by atoms with van der Waals surface area (Å²) in [5.74, 6) is -0.254. The molecular formula is C21H26N4O4. The Morgan fingerprint density at radius 1 is 1.14 bits per heavy atom. The summed E-state index contributed by atoms with van der Waals surface area (Å²) in [5.41, 5.74) is 1.02. The number of fused-ring (bicyclic) bond motifs is 1. The van der Waals surface area contributed by atoms with Gasteiger partial charge in [-0.05, 0) is 31.7 Å². The van der Waals surface area contributed by atoms with Crippen LogP contribution in [-0.4, -0.2) is 30.8 Å². The van der Waals surface area contributed by atoms with Gasteiger partial charge in [-0.3, -0.25) is 18.7 Å². The summed E-state index contributed by atoms with van der Waals surface area (Å²) < 4.78 is 9.72. The Kier molecular flexibility index (Phi) is 6.31. The fourth-order valence-electron chi connectivity index (χ4n) is 3.38. The number of imidazole rings is 1. The molecule has 2 aromatic heterocycles. The second-order valence-corrected chi connectivity index (χ2v) is 7.28. The lowest BCUT2D eigenvalue weighted by Gasteiger charge is -2.13. The lowest BCUT2D eigenvalue weighted by molar-refractivity contribution is -0.147. The highest BCUT2D eigenvalue weighted by molar-refractivity contribution is 5.72. The van der Waals surface area contributed by atoms with Gasteiger partial charge in [-0.25, -0.2) is 9.78 Å². The largest absolute Gasteiger partial charge is 0.462 e. The average Bonchev–Trinajstić information content (AvgIpc) is 3.08. The van der Waals surface area contributed by atoms with Crippen LogP contribution in [0.3, 0.4) is 0 Å². The molecule has 0 N–H and O–H groups in total. The molecule has 1 aromatic carbocycles. The summed E-state index contributed by atoms with van der Waals surface area (Å²) in [6.45, 7) is 2.17. The SMILES string of the molecule is CC(CCCCn1c(=O)c2c(ncn2C)n(C)c1=O)OC(=O)Cc1ccccc1. The molecule has 8 heteroatoms. The number of hydrogen-bond acceptors (Lipinski definition) is 5. The van der Waals surface area contributed by atoms with E-state index in [1.165, 1.54) is 15.5 Å². The molecule has 0 saturated heterocycles. The summed E-state index contributed by atoms with van der Waals surface area (Å²) >= 11 is 0. The zero-order chi connectivity index (χ0) is 21.0. The Balaban J connectivity index is 1.53. The first kappa shape index (κ1) is 20.6. The van der Waals surface area contributed by atoms with Crippen LogP contribution >= 0.6 is 0 Å². The minimum absolute atomic E-state index is 0.217. The van der Waals surface area contributed by atoms with Crippen LogP contribution in [0.5, 0.6) is 0 Å².